The minimum Gasteiger partial charge on any atom is -0.476 e. The molecule has 0 aliphatic heterocycles. The summed E-state index contributed by atoms with van der Waals surface area (Å²) in [5, 5.41) is 12.1. The Balaban J connectivity index is 2.08. The molecule has 0 amide bonds. The van der Waals surface area contributed by atoms with Gasteiger partial charge in [-0.05, 0) is 24.3 Å². The average molecular weight is 250 g/mol. The van der Waals surface area contributed by atoms with Crippen LogP contribution in [0.2, 0.25) is 0 Å². The summed E-state index contributed by atoms with van der Waals surface area (Å²) in [5.74, 6) is -1.01. The molecule has 0 unspecified atom stereocenters. The van der Waals surface area contributed by atoms with Crippen molar-refractivity contribution >= 4 is 11.7 Å². The van der Waals surface area contributed by atoms with Crippen LogP contribution in [0.5, 0.6) is 0 Å². The quantitative estimate of drug-likeness (QED) is 0.900. The third-order valence-electron chi connectivity index (χ3n) is 2.44. The van der Waals surface area contributed by atoms with E-state index in [1.807, 2.05) is 0 Å². The van der Waals surface area contributed by atoms with E-state index in [-0.39, 0.29) is 11.5 Å². The second kappa shape index (κ2) is 4.87. The van der Waals surface area contributed by atoms with Crippen LogP contribution in [-0.2, 0) is 6.54 Å². The molecule has 0 saturated heterocycles. The Bertz CT molecular complexity index is 551. The zero-order valence-electron chi connectivity index (χ0n) is 9.63. The third kappa shape index (κ3) is 2.65. The van der Waals surface area contributed by atoms with Crippen molar-refractivity contribution in [2.45, 2.75) is 6.54 Å². The molecule has 0 fully saturated rings. The smallest absolute Gasteiger partial charge is 0.358 e. The molecule has 5 nitrogen and oxygen atoms in total. The first-order chi connectivity index (χ1) is 8.56. The molecular weight excluding hydrogens is 239 g/mol. The highest BCUT2D eigenvalue weighted by molar-refractivity contribution is 5.85. The molecule has 0 radical (unpaired) electrons. The standard InChI is InChI=1S/C12H11FN2O3/c1-15(9-4-2-8(13)3-5-9)7-10-6-11(12(16)17)14-18-10/h2-6H,7H2,1H3,(H,16,17). The number of carboxylic acids is 1. The zero-order valence-corrected chi connectivity index (χ0v) is 9.63. The monoisotopic (exact) mass is 250 g/mol. The molecule has 0 aliphatic rings. The van der Waals surface area contributed by atoms with Crippen molar-refractivity contribution in [3.8, 4) is 0 Å². The van der Waals surface area contributed by atoms with Crippen LogP contribution in [0, 0.1) is 5.82 Å². The minimum absolute atomic E-state index is 0.127. The highest BCUT2D eigenvalue weighted by Crippen LogP contribution is 2.16. The molecule has 94 valence electrons. The van der Waals surface area contributed by atoms with E-state index in [2.05, 4.69) is 5.16 Å². The molecule has 0 bridgehead atoms. The summed E-state index contributed by atoms with van der Waals surface area (Å²) in [4.78, 5) is 12.4. The summed E-state index contributed by atoms with van der Waals surface area (Å²) in [7, 11) is 1.79. The predicted molar refractivity (Wildman–Crippen MR) is 62.0 cm³/mol. The summed E-state index contributed by atoms with van der Waals surface area (Å²) in [5.41, 5.74) is 0.669. The van der Waals surface area contributed by atoms with Crippen LogP contribution >= 0.6 is 0 Å². The van der Waals surface area contributed by atoms with E-state index >= 15 is 0 Å². The second-order valence-electron chi connectivity index (χ2n) is 3.82. The lowest BCUT2D eigenvalue weighted by atomic mass is 10.2. The molecule has 2 aromatic rings. The van der Waals surface area contributed by atoms with Gasteiger partial charge in [-0.2, -0.15) is 0 Å². The maximum atomic E-state index is 12.8. The second-order valence-corrected chi connectivity index (χ2v) is 3.82. The number of benzene rings is 1. The van der Waals surface area contributed by atoms with Gasteiger partial charge in [0.25, 0.3) is 0 Å². The Morgan fingerprint density at radius 2 is 2.11 bits per heavy atom. The van der Waals surface area contributed by atoms with Gasteiger partial charge in [-0.1, -0.05) is 5.16 Å². The number of halogens is 1. The summed E-state index contributed by atoms with van der Waals surface area (Å²) in [6.07, 6.45) is 0. The maximum Gasteiger partial charge on any atom is 0.358 e. The normalized spacial score (nSPS) is 10.3. The van der Waals surface area contributed by atoms with Crippen molar-refractivity contribution in [1.82, 2.24) is 5.16 Å². The molecule has 2 rings (SSSR count). The lowest BCUT2D eigenvalue weighted by Gasteiger charge is -2.17. The number of hydrogen-bond acceptors (Lipinski definition) is 4. The van der Waals surface area contributed by atoms with Gasteiger partial charge in [0.05, 0.1) is 6.54 Å². The number of nitrogens with zero attached hydrogens (tertiary/aromatic N) is 2. The van der Waals surface area contributed by atoms with E-state index in [9.17, 15) is 9.18 Å². The van der Waals surface area contributed by atoms with Crippen LogP contribution in [0.25, 0.3) is 0 Å². The van der Waals surface area contributed by atoms with Gasteiger partial charge in [0, 0.05) is 18.8 Å². The third-order valence-corrected chi connectivity index (χ3v) is 2.44. The fraction of sp³-hybridized carbons (Fsp3) is 0.167. The van der Waals surface area contributed by atoms with Gasteiger partial charge in [0.2, 0.25) is 0 Å². The molecular formula is C12H11FN2O3. The van der Waals surface area contributed by atoms with Gasteiger partial charge in [-0.25, -0.2) is 9.18 Å². The highest BCUT2D eigenvalue weighted by atomic mass is 19.1. The summed E-state index contributed by atoms with van der Waals surface area (Å²) in [6.45, 7) is 0.353. The van der Waals surface area contributed by atoms with Crippen LogP contribution < -0.4 is 4.90 Å². The van der Waals surface area contributed by atoms with Crippen LogP contribution in [0.3, 0.4) is 0 Å². The van der Waals surface area contributed by atoms with E-state index in [1.54, 1.807) is 24.1 Å². The van der Waals surface area contributed by atoms with Crippen molar-refractivity contribution < 1.29 is 18.8 Å². The number of aromatic nitrogens is 1. The van der Waals surface area contributed by atoms with Gasteiger partial charge in [0.15, 0.2) is 11.5 Å². The number of rotatable bonds is 4. The van der Waals surface area contributed by atoms with Gasteiger partial charge in [-0.3, -0.25) is 0 Å². The first-order valence-electron chi connectivity index (χ1n) is 5.22. The van der Waals surface area contributed by atoms with Crippen molar-refractivity contribution in [1.29, 1.82) is 0 Å². The molecule has 0 saturated carbocycles. The van der Waals surface area contributed by atoms with Crippen LogP contribution in [0.1, 0.15) is 16.2 Å². The summed E-state index contributed by atoms with van der Waals surface area (Å²) >= 11 is 0. The number of carbonyl (C=O) groups is 1. The van der Waals surface area contributed by atoms with E-state index in [0.29, 0.717) is 12.3 Å². The van der Waals surface area contributed by atoms with E-state index < -0.39 is 5.97 Å². The van der Waals surface area contributed by atoms with Crippen molar-refractivity contribution in [3.63, 3.8) is 0 Å². The number of hydrogen-bond donors (Lipinski definition) is 1. The number of carboxylic acid groups (broad SMARTS) is 1. The van der Waals surface area contributed by atoms with Gasteiger partial charge >= 0.3 is 5.97 Å². The van der Waals surface area contributed by atoms with Crippen LogP contribution in [-0.4, -0.2) is 23.3 Å². The molecule has 0 atom stereocenters. The van der Waals surface area contributed by atoms with Crippen molar-refractivity contribution in [2.75, 3.05) is 11.9 Å². The molecule has 1 aromatic carbocycles. The Morgan fingerprint density at radius 1 is 1.44 bits per heavy atom. The van der Waals surface area contributed by atoms with Crippen molar-refractivity contribution in [2.24, 2.45) is 0 Å². The largest absolute Gasteiger partial charge is 0.476 e. The Kier molecular flexibility index (Phi) is 3.27. The van der Waals surface area contributed by atoms with Gasteiger partial charge in [-0.15, -0.1) is 0 Å². The van der Waals surface area contributed by atoms with E-state index in [0.717, 1.165) is 5.69 Å². The minimum atomic E-state index is -1.13. The molecule has 1 N–H and O–H groups in total. The molecule has 18 heavy (non-hydrogen) atoms. The molecule has 6 heteroatoms. The fourth-order valence-electron chi connectivity index (χ4n) is 1.51. The maximum absolute atomic E-state index is 12.8. The Morgan fingerprint density at radius 3 is 2.67 bits per heavy atom. The predicted octanol–water partition coefficient (Wildman–Crippen LogP) is 2.15. The van der Waals surface area contributed by atoms with Gasteiger partial charge in [0.1, 0.15) is 5.82 Å². The van der Waals surface area contributed by atoms with Crippen LogP contribution in [0.4, 0.5) is 10.1 Å². The molecule has 0 spiro atoms. The molecule has 1 aromatic heterocycles. The summed E-state index contributed by atoms with van der Waals surface area (Å²) in [6, 6.07) is 7.33. The highest BCUT2D eigenvalue weighted by Gasteiger charge is 2.12. The SMILES string of the molecule is CN(Cc1cc(C(=O)O)no1)c1ccc(F)cc1. The average Bonchev–Trinajstić information content (AvgIpc) is 2.78. The topological polar surface area (TPSA) is 66.6 Å². The molecule has 0 aliphatic carbocycles. The first kappa shape index (κ1) is 12.1. The lowest BCUT2D eigenvalue weighted by Crippen LogP contribution is -2.15. The van der Waals surface area contributed by atoms with Crippen molar-refractivity contribution in [3.05, 3.63) is 47.6 Å². The number of aromatic carboxylic acids is 1. The lowest BCUT2D eigenvalue weighted by molar-refractivity contribution is 0.0685. The Hall–Kier alpha value is -2.37. The molecule has 1 heterocycles. The summed E-state index contributed by atoms with van der Waals surface area (Å²) < 4.78 is 17.7. The van der Waals surface area contributed by atoms with Gasteiger partial charge < -0.3 is 14.5 Å². The first-order valence-corrected chi connectivity index (χ1v) is 5.22. The Labute approximate surface area is 102 Å². The number of anilines is 1. The van der Waals surface area contributed by atoms with E-state index in [4.69, 9.17) is 9.63 Å². The fourth-order valence-corrected chi connectivity index (χ4v) is 1.51. The zero-order chi connectivity index (χ0) is 13.1. The van der Waals surface area contributed by atoms with E-state index in [1.165, 1.54) is 18.2 Å². The van der Waals surface area contributed by atoms with Crippen LogP contribution in [0.15, 0.2) is 34.9 Å².